The van der Waals surface area contributed by atoms with Crippen molar-refractivity contribution in [1.29, 1.82) is 0 Å². The Morgan fingerprint density at radius 1 is 1.32 bits per heavy atom. The number of aromatic nitrogens is 3. The van der Waals surface area contributed by atoms with Gasteiger partial charge in [0.05, 0.1) is 11.7 Å². The van der Waals surface area contributed by atoms with Crippen LogP contribution < -0.4 is 0 Å². The van der Waals surface area contributed by atoms with Crippen LogP contribution in [0.3, 0.4) is 0 Å². The van der Waals surface area contributed by atoms with Crippen molar-refractivity contribution in [3.8, 4) is 0 Å². The monoisotopic (exact) mass is 264 g/mol. The molecule has 0 unspecified atom stereocenters. The Morgan fingerprint density at radius 3 is 2.68 bits per heavy atom. The SMILES string of the molecule is CCCc1cn(C2CCN(C[C@@H](C)CC)CC2)nn1. The average Bonchev–Trinajstić information content (AvgIpc) is 2.88. The van der Waals surface area contributed by atoms with Crippen LogP contribution in [0.4, 0.5) is 0 Å². The number of rotatable bonds is 6. The Labute approximate surface area is 117 Å². The molecular formula is C15H28N4. The molecule has 0 saturated carbocycles. The van der Waals surface area contributed by atoms with Crippen LogP contribution in [0.1, 0.15) is 58.2 Å². The summed E-state index contributed by atoms with van der Waals surface area (Å²) in [5, 5.41) is 8.57. The summed E-state index contributed by atoms with van der Waals surface area (Å²) in [5.41, 5.74) is 1.14. The Hall–Kier alpha value is -0.900. The molecule has 1 fully saturated rings. The van der Waals surface area contributed by atoms with Gasteiger partial charge in [0.1, 0.15) is 0 Å². The highest BCUT2D eigenvalue weighted by Crippen LogP contribution is 2.22. The van der Waals surface area contributed by atoms with Crippen molar-refractivity contribution in [1.82, 2.24) is 19.9 Å². The van der Waals surface area contributed by atoms with Crippen molar-refractivity contribution in [2.45, 2.75) is 58.9 Å². The molecule has 1 aromatic heterocycles. The van der Waals surface area contributed by atoms with Crippen LogP contribution in [-0.2, 0) is 6.42 Å². The van der Waals surface area contributed by atoms with E-state index in [1.165, 1.54) is 38.9 Å². The van der Waals surface area contributed by atoms with Gasteiger partial charge in [0.15, 0.2) is 0 Å². The summed E-state index contributed by atoms with van der Waals surface area (Å²) in [4.78, 5) is 2.61. The van der Waals surface area contributed by atoms with Gasteiger partial charge in [-0.1, -0.05) is 38.8 Å². The minimum absolute atomic E-state index is 0.561. The Morgan fingerprint density at radius 2 is 2.05 bits per heavy atom. The third-order valence-corrected chi connectivity index (χ3v) is 4.26. The number of nitrogens with zero attached hydrogens (tertiary/aromatic N) is 4. The lowest BCUT2D eigenvalue weighted by Crippen LogP contribution is -2.37. The van der Waals surface area contributed by atoms with Gasteiger partial charge in [-0.25, -0.2) is 4.68 Å². The molecular weight excluding hydrogens is 236 g/mol. The first-order chi connectivity index (χ1) is 9.22. The third-order valence-electron chi connectivity index (χ3n) is 4.26. The molecule has 0 N–H and O–H groups in total. The summed E-state index contributed by atoms with van der Waals surface area (Å²) in [6.45, 7) is 10.5. The van der Waals surface area contributed by atoms with Crippen molar-refractivity contribution in [2.75, 3.05) is 19.6 Å². The molecule has 0 spiro atoms. The number of likely N-dealkylation sites (tertiary alicyclic amines) is 1. The standard InChI is InChI=1S/C15H28N4/c1-4-6-14-12-19(17-16-14)15-7-9-18(10-8-15)11-13(3)5-2/h12-13,15H,4-11H2,1-3H3/t13-/m0/s1. The van der Waals surface area contributed by atoms with E-state index < -0.39 is 0 Å². The normalized spacial score (nSPS) is 19.7. The fraction of sp³-hybridized carbons (Fsp3) is 0.867. The second-order valence-electron chi connectivity index (χ2n) is 5.99. The molecule has 2 rings (SSSR count). The van der Waals surface area contributed by atoms with E-state index >= 15 is 0 Å². The number of piperidine rings is 1. The van der Waals surface area contributed by atoms with Gasteiger partial charge < -0.3 is 4.90 Å². The molecule has 1 aromatic rings. The van der Waals surface area contributed by atoms with Gasteiger partial charge in [0, 0.05) is 25.8 Å². The minimum Gasteiger partial charge on any atom is -0.303 e. The third kappa shape index (κ3) is 4.03. The van der Waals surface area contributed by atoms with Gasteiger partial charge in [0.2, 0.25) is 0 Å². The smallest absolute Gasteiger partial charge is 0.0827 e. The first-order valence-corrected chi connectivity index (χ1v) is 7.86. The molecule has 4 nitrogen and oxygen atoms in total. The minimum atomic E-state index is 0.561. The van der Waals surface area contributed by atoms with Crippen LogP contribution in [0.5, 0.6) is 0 Å². The molecule has 0 radical (unpaired) electrons. The topological polar surface area (TPSA) is 34.0 Å². The first kappa shape index (κ1) is 14.5. The fourth-order valence-electron chi connectivity index (χ4n) is 2.80. The van der Waals surface area contributed by atoms with Gasteiger partial charge in [-0.05, 0) is 25.2 Å². The van der Waals surface area contributed by atoms with E-state index in [0.29, 0.717) is 6.04 Å². The quantitative estimate of drug-likeness (QED) is 0.792. The maximum absolute atomic E-state index is 4.31. The Kier molecular flexibility index (Phi) is 5.37. The maximum Gasteiger partial charge on any atom is 0.0827 e. The van der Waals surface area contributed by atoms with Crippen LogP contribution in [0.25, 0.3) is 0 Å². The highest BCUT2D eigenvalue weighted by molar-refractivity contribution is 4.94. The summed E-state index contributed by atoms with van der Waals surface area (Å²) in [6, 6.07) is 0.561. The lowest BCUT2D eigenvalue weighted by Gasteiger charge is -2.33. The maximum atomic E-state index is 4.31. The Bertz CT molecular complexity index is 366. The molecule has 0 aromatic carbocycles. The summed E-state index contributed by atoms with van der Waals surface area (Å²) in [7, 11) is 0. The van der Waals surface area contributed by atoms with Gasteiger partial charge in [0.25, 0.3) is 0 Å². The van der Waals surface area contributed by atoms with Crippen LogP contribution in [0, 0.1) is 5.92 Å². The molecule has 0 aliphatic carbocycles. The van der Waals surface area contributed by atoms with Crippen LogP contribution in [-0.4, -0.2) is 39.5 Å². The van der Waals surface area contributed by atoms with Crippen molar-refractivity contribution in [3.05, 3.63) is 11.9 Å². The highest BCUT2D eigenvalue weighted by Gasteiger charge is 2.22. The van der Waals surface area contributed by atoms with E-state index in [0.717, 1.165) is 24.5 Å². The second kappa shape index (κ2) is 7.04. The zero-order chi connectivity index (χ0) is 13.7. The van der Waals surface area contributed by atoms with Crippen molar-refractivity contribution in [3.63, 3.8) is 0 Å². The highest BCUT2D eigenvalue weighted by atomic mass is 15.4. The molecule has 1 atom stereocenters. The fourth-order valence-corrected chi connectivity index (χ4v) is 2.80. The van der Waals surface area contributed by atoms with Crippen LogP contribution in [0.15, 0.2) is 6.20 Å². The molecule has 0 amide bonds. The summed E-state index contributed by atoms with van der Waals surface area (Å²) >= 11 is 0. The van der Waals surface area contributed by atoms with E-state index in [9.17, 15) is 0 Å². The first-order valence-electron chi connectivity index (χ1n) is 7.86. The second-order valence-corrected chi connectivity index (χ2v) is 5.99. The Balaban J connectivity index is 1.81. The molecule has 1 aliphatic heterocycles. The van der Waals surface area contributed by atoms with Gasteiger partial charge in [-0.2, -0.15) is 0 Å². The van der Waals surface area contributed by atoms with Gasteiger partial charge in [-0.15, -0.1) is 5.10 Å². The number of aryl methyl sites for hydroxylation is 1. The van der Waals surface area contributed by atoms with Gasteiger partial charge in [-0.3, -0.25) is 0 Å². The molecule has 4 heteroatoms. The zero-order valence-corrected chi connectivity index (χ0v) is 12.7. The van der Waals surface area contributed by atoms with E-state index in [2.05, 4.69) is 46.9 Å². The number of hydrogen-bond donors (Lipinski definition) is 0. The molecule has 0 bridgehead atoms. The number of hydrogen-bond acceptors (Lipinski definition) is 3. The lowest BCUT2D eigenvalue weighted by molar-refractivity contribution is 0.159. The predicted octanol–water partition coefficient (Wildman–Crippen LogP) is 2.91. The largest absolute Gasteiger partial charge is 0.303 e. The molecule has 1 aliphatic rings. The van der Waals surface area contributed by atoms with Crippen molar-refractivity contribution in [2.24, 2.45) is 5.92 Å². The van der Waals surface area contributed by atoms with Crippen LogP contribution >= 0.6 is 0 Å². The van der Waals surface area contributed by atoms with Crippen LogP contribution in [0.2, 0.25) is 0 Å². The van der Waals surface area contributed by atoms with E-state index in [4.69, 9.17) is 0 Å². The molecule has 108 valence electrons. The zero-order valence-electron chi connectivity index (χ0n) is 12.7. The summed E-state index contributed by atoms with van der Waals surface area (Å²) < 4.78 is 2.10. The van der Waals surface area contributed by atoms with Gasteiger partial charge >= 0.3 is 0 Å². The summed E-state index contributed by atoms with van der Waals surface area (Å²) in [6.07, 6.45) is 8.05. The molecule has 1 saturated heterocycles. The van der Waals surface area contributed by atoms with Crippen molar-refractivity contribution < 1.29 is 0 Å². The average molecular weight is 264 g/mol. The van der Waals surface area contributed by atoms with E-state index in [1.54, 1.807) is 0 Å². The predicted molar refractivity (Wildman–Crippen MR) is 78.2 cm³/mol. The molecule has 2 heterocycles. The molecule has 19 heavy (non-hydrogen) atoms. The van der Waals surface area contributed by atoms with E-state index in [1.807, 2.05) is 0 Å². The summed E-state index contributed by atoms with van der Waals surface area (Å²) in [5.74, 6) is 0.819. The van der Waals surface area contributed by atoms with E-state index in [-0.39, 0.29) is 0 Å². The van der Waals surface area contributed by atoms with Crippen molar-refractivity contribution >= 4 is 0 Å². The lowest BCUT2D eigenvalue weighted by atomic mass is 10.0.